The fourth-order valence-corrected chi connectivity index (χ4v) is 5.00. The zero-order valence-corrected chi connectivity index (χ0v) is 19.6. The fourth-order valence-electron chi connectivity index (χ4n) is 3.31. The highest BCUT2D eigenvalue weighted by Crippen LogP contribution is 2.25. The van der Waals surface area contributed by atoms with Crippen LogP contribution in [0.1, 0.15) is 63.7 Å². The van der Waals surface area contributed by atoms with Crippen LogP contribution in [0.5, 0.6) is 0 Å². The van der Waals surface area contributed by atoms with Crippen LogP contribution in [0.15, 0.2) is 27.6 Å². The summed E-state index contributed by atoms with van der Waals surface area (Å²) in [5.74, 6) is -0.726. The van der Waals surface area contributed by atoms with Crippen molar-refractivity contribution in [2.75, 3.05) is 0 Å². The Bertz CT molecular complexity index is 856. The Morgan fingerprint density at radius 3 is 2.45 bits per heavy atom. The van der Waals surface area contributed by atoms with Gasteiger partial charge >= 0.3 is 5.97 Å². The molecule has 1 aliphatic carbocycles. The van der Waals surface area contributed by atoms with E-state index in [1.165, 1.54) is 25.1 Å². The maximum atomic E-state index is 12.6. The van der Waals surface area contributed by atoms with Crippen molar-refractivity contribution in [1.82, 2.24) is 10.0 Å². The number of esters is 1. The minimum Gasteiger partial charge on any atom is -0.449 e. The Morgan fingerprint density at radius 1 is 1.17 bits per heavy atom. The first-order valence-corrected chi connectivity index (χ1v) is 12.1. The minimum atomic E-state index is -3.76. The number of ether oxygens (including phenoxy) is 1. The number of halogens is 1. The maximum Gasteiger partial charge on any atom is 0.340 e. The van der Waals surface area contributed by atoms with E-state index < -0.39 is 22.1 Å². The number of rotatable bonds is 7. The molecule has 1 saturated carbocycles. The van der Waals surface area contributed by atoms with Gasteiger partial charge in [-0.3, -0.25) is 4.79 Å². The predicted molar refractivity (Wildman–Crippen MR) is 114 cm³/mol. The Kier molecular flexibility index (Phi) is 8.25. The first-order valence-electron chi connectivity index (χ1n) is 9.84. The zero-order valence-electron chi connectivity index (χ0n) is 17.2. The van der Waals surface area contributed by atoms with Gasteiger partial charge in [0.15, 0.2) is 6.10 Å². The van der Waals surface area contributed by atoms with E-state index in [0.29, 0.717) is 10.4 Å². The standard InChI is InChI=1S/C20H29BrN2O5S/c1-12(2)23-29(26,27)15-9-10-17(21)16(11-15)20(25)28-14(4)19(24)22-18-8-6-5-7-13(18)3/h9-14,18,23H,5-8H2,1-4H3,(H,22,24)/t13-,14+,18+/m0/s1. The van der Waals surface area contributed by atoms with Gasteiger partial charge in [0.05, 0.1) is 10.5 Å². The third-order valence-corrected chi connectivity index (χ3v) is 7.30. The Hall–Kier alpha value is -1.45. The van der Waals surface area contributed by atoms with Crippen molar-refractivity contribution in [2.45, 2.75) is 76.5 Å². The lowest BCUT2D eigenvalue weighted by molar-refractivity contribution is -0.130. The van der Waals surface area contributed by atoms with Gasteiger partial charge in [-0.2, -0.15) is 0 Å². The van der Waals surface area contributed by atoms with Gasteiger partial charge in [0, 0.05) is 16.6 Å². The molecule has 0 aliphatic heterocycles. The lowest BCUT2D eigenvalue weighted by atomic mass is 9.86. The molecule has 2 rings (SSSR count). The van der Waals surface area contributed by atoms with Crippen LogP contribution < -0.4 is 10.0 Å². The topological polar surface area (TPSA) is 102 Å². The molecule has 162 valence electrons. The average molecular weight is 489 g/mol. The summed E-state index contributed by atoms with van der Waals surface area (Å²) in [6, 6.07) is 3.90. The molecule has 1 fully saturated rings. The molecule has 0 spiro atoms. The molecule has 0 aromatic heterocycles. The molecule has 0 radical (unpaired) electrons. The zero-order chi connectivity index (χ0) is 21.8. The predicted octanol–water partition coefficient (Wildman–Crippen LogP) is 3.38. The van der Waals surface area contributed by atoms with Crippen LogP contribution in [-0.4, -0.2) is 38.5 Å². The van der Waals surface area contributed by atoms with Crippen LogP contribution in [0.3, 0.4) is 0 Å². The van der Waals surface area contributed by atoms with Crippen molar-refractivity contribution in [2.24, 2.45) is 5.92 Å². The first-order chi connectivity index (χ1) is 13.5. The van der Waals surface area contributed by atoms with E-state index in [9.17, 15) is 18.0 Å². The fraction of sp³-hybridized carbons (Fsp3) is 0.600. The minimum absolute atomic E-state index is 0.0438. The summed E-state index contributed by atoms with van der Waals surface area (Å²) < 4.78 is 32.9. The van der Waals surface area contributed by atoms with Gasteiger partial charge in [-0.1, -0.05) is 19.8 Å². The van der Waals surface area contributed by atoms with Gasteiger partial charge in [0.1, 0.15) is 0 Å². The molecule has 29 heavy (non-hydrogen) atoms. The summed E-state index contributed by atoms with van der Waals surface area (Å²) >= 11 is 3.25. The number of carbonyl (C=O) groups excluding carboxylic acids is 2. The van der Waals surface area contributed by atoms with E-state index in [1.54, 1.807) is 13.8 Å². The Morgan fingerprint density at radius 2 is 1.83 bits per heavy atom. The van der Waals surface area contributed by atoms with Crippen LogP contribution in [-0.2, 0) is 19.6 Å². The van der Waals surface area contributed by atoms with Crippen molar-refractivity contribution < 1.29 is 22.7 Å². The van der Waals surface area contributed by atoms with Crippen molar-refractivity contribution in [3.05, 3.63) is 28.2 Å². The highest BCUT2D eigenvalue weighted by molar-refractivity contribution is 9.10. The van der Waals surface area contributed by atoms with Gasteiger partial charge in [0.25, 0.3) is 5.91 Å². The Labute approximate surface area is 181 Å². The molecule has 1 aliphatic rings. The van der Waals surface area contributed by atoms with Crippen LogP contribution in [0.4, 0.5) is 0 Å². The van der Waals surface area contributed by atoms with E-state index in [2.05, 4.69) is 32.9 Å². The molecule has 1 amide bonds. The molecular weight excluding hydrogens is 460 g/mol. The molecule has 0 heterocycles. The monoisotopic (exact) mass is 488 g/mol. The van der Waals surface area contributed by atoms with Crippen molar-refractivity contribution in [3.63, 3.8) is 0 Å². The second-order valence-electron chi connectivity index (χ2n) is 7.84. The van der Waals surface area contributed by atoms with Gasteiger partial charge in [0.2, 0.25) is 10.0 Å². The van der Waals surface area contributed by atoms with E-state index in [1.807, 2.05) is 0 Å². The average Bonchev–Trinajstić information content (AvgIpc) is 2.62. The van der Waals surface area contributed by atoms with Crippen LogP contribution >= 0.6 is 15.9 Å². The van der Waals surface area contributed by atoms with Crippen LogP contribution in [0, 0.1) is 5.92 Å². The molecule has 7 nitrogen and oxygen atoms in total. The molecule has 0 unspecified atom stereocenters. The Balaban J connectivity index is 2.09. The lowest BCUT2D eigenvalue weighted by Gasteiger charge is -2.30. The molecule has 1 aromatic carbocycles. The summed E-state index contributed by atoms with van der Waals surface area (Å²) in [7, 11) is -3.76. The molecular formula is C20H29BrN2O5S. The van der Waals surface area contributed by atoms with Gasteiger partial charge in [-0.25, -0.2) is 17.9 Å². The first kappa shape index (κ1) is 23.8. The summed E-state index contributed by atoms with van der Waals surface area (Å²) in [5, 5.41) is 2.96. The van der Waals surface area contributed by atoms with E-state index in [0.717, 1.165) is 25.7 Å². The SMILES string of the molecule is CC(C)NS(=O)(=O)c1ccc(Br)c(C(=O)O[C@H](C)C(=O)N[C@@H]2CCCC[C@@H]2C)c1. The molecule has 0 saturated heterocycles. The summed E-state index contributed by atoms with van der Waals surface area (Å²) in [6.45, 7) is 7.03. The molecule has 3 atom stereocenters. The molecule has 2 N–H and O–H groups in total. The van der Waals surface area contributed by atoms with E-state index >= 15 is 0 Å². The number of nitrogens with one attached hydrogen (secondary N) is 2. The van der Waals surface area contributed by atoms with Crippen LogP contribution in [0.25, 0.3) is 0 Å². The molecule has 0 bridgehead atoms. The quantitative estimate of drug-likeness (QED) is 0.572. The van der Waals surface area contributed by atoms with E-state index in [4.69, 9.17) is 4.74 Å². The molecule has 1 aromatic rings. The third kappa shape index (κ3) is 6.52. The van der Waals surface area contributed by atoms with Gasteiger partial charge < -0.3 is 10.1 Å². The van der Waals surface area contributed by atoms with Crippen molar-refractivity contribution in [1.29, 1.82) is 0 Å². The highest BCUT2D eigenvalue weighted by Gasteiger charge is 2.27. The van der Waals surface area contributed by atoms with Crippen LogP contribution in [0.2, 0.25) is 0 Å². The number of benzene rings is 1. The number of hydrogen-bond acceptors (Lipinski definition) is 5. The normalized spacial score (nSPS) is 20.9. The number of amides is 1. The number of carbonyl (C=O) groups is 2. The third-order valence-electron chi connectivity index (χ3n) is 4.95. The summed E-state index contributed by atoms with van der Waals surface area (Å²) in [6.07, 6.45) is 3.23. The van der Waals surface area contributed by atoms with Crippen molar-refractivity contribution >= 4 is 37.8 Å². The number of hydrogen-bond donors (Lipinski definition) is 2. The largest absolute Gasteiger partial charge is 0.449 e. The highest BCUT2D eigenvalue weighted by atomic mass is 79.9. The summed E-state index contributed by atoms with van der Waals surface area (Å²) in [5.41, 5.74) is 0.0438. The van der Waals surface area contributed by atoms with Crippen molar-refractivity contribution in [3.8, 4) is 0 Å². The smallest absolute Gasteiger partial charge is 0.340 e. The second kappa shape index (κ2) is 10.0. The second-order valence-corrected chi connectivity index (χ2v) is 10.4. The summed E-state index contributed by atoms with van der Waals surface area (Å²) in [4.78, 5) is 25.0. The lowest BCUT2D eigenvalue weighted by Crippen LogP contribution is -2.46. The number of sulfonamides is 1. The van der Waals surface area contributed by atoms with Gasteiger partial charge in [-0.05, 0) is 73.7 Å². The maximum absolute atomic E-state index is 12.6. The molecule has 9 heteroatoms. The van der Waals surface area contributed by atoms with Gasteiger partial charge in [-0.15, -0.1) is 0 Å². The van der Waals surface area contributed by atoms with E-state index in [-0.39, 0.29) is 28.4 Å².